The Morgan fingerprint density at radius 2 is 1.43 bits per heavy atom. The molecule has 0 saturated carbocycles. The molecule has 130 valence electrons. The molecule has 1 rings (SSSR count). The van der Waals surface area contributed by atoms with Crippen LogP contribution in [0, 0.1) is 0 Å². The fourth-order valence-corrected chi connectivity index (χ4v) is 2.12. The highest BCUT2D eigenvalue weighted by molar-refractivity contribution is 5.91. The van der Waals surface area contributed by atoms with Crippen molar-refractivity contribution >= 4 is 17.6 Å². The Hall–Kier alpha value is -1.73. The lowest BCUT2D eigenvalue weighted by molar-refractivity contribution is -0.146. The number of amides is 2. The van der Waals surface area contributed by atoms with Gasteiger partial charge in [-0.2, -0.15) is 0 Å². The van der Waals surface area contributed by atoms with Crippen molar-refractivity contribution in [3.8, 4) is 0 Å². The van der Waals surface area contributed by atoms with Gasteiger partial charge in [0.1, 0.15) is 5.78 Å². The lowest BCUT2D eigenvalue weighted by Gasteiger charge is -2.21. The Morgan fingerprint density at radius 1 is 0.957 bits per heavy atom. The number of nitrogens with zero attached hydrogens (tertiary/aromatic N) is 2. The van der Waals surface area contributed by atoms with E-state index >= 15 is 0 Å². The van der Waals surface area contributed by atoms with Gasteiger partial charge in [-0.15, -0.1) is 0 Å². The van der Waals surface area contributed by atoms with Gasteiger partial charge in [0.25, 0.3) is 11.8 Å². The standard InChI is InChI=1S/C16H26N2O5/c1-11(19)9-7-6-8-10-12-22-13(15(20)17(2)3)14(23-12)16(21)18(4)5/h8,10,12-14H,6-7,9H2,1-5H3/b10-8+/t13-,14-/m1/s1. The zero-order chi connectivity index (χ0) is 17.6. The number of ketones is 1. The molecule has 2 amide bonds. The predicted molar refractivity (Wildman–Crippen MR) is 84.6 cm³/mol. The van der Waals surface area contributed by atoms with Gasteiger partial charge in [0.05, 0.1) is 0 Å². The molecule has 0 radical (unpaired) electrons. The average Bonchev–Trinajstić information content (AvgIpc) is 2.88. The molecule has 0 aromatic heterocycles. The topological polar surface area (TPSA) is 76.2 Å². The first kappa shape index (κ1) is 19.3. The molecular formula is C16H26N2O5. The van der Waals surface area contributed by atoms with Gasteiger partial charge in [0.15, 0.2) is 18.5 Å². The zero-order valence-corrected chi connectivity index (χ0v) is 14.4. The molecule has 0 unspecified atom stereocenters. The number of ether oxygens (including phenoxy) is 2. The molecular weight excluding hydrogens is 300 g/mol. The summed E-state index contributed by atoms with van der Waals surface area (Å²) in [6.45, 7) is 1.56. The molecule has 1 aliphatic heterocycles. The highest BCUT2D eigenvalue weighted by Crippen LogP contribution is 2.23. The normalized spacial score (nSPS) is 21.6. The van der Waals surface area contributed by atoms with Crippen molar-refractivity contribution in [3.05, 3.63) is 12.2 Å². The minimum absolute atomic E-state index is 0.153. The summed E-state index contributed by atoms with van der Waals surface area (Å²) in [5, 5.41) is 0. The molecule has 0 N–H and O–H groups in total. The number of hydrogen-bond donors (Lipinski definition) is 0. The van der Waals surface area contributed by atoms with E-state index in [0.29, 0.717) is 12.8 Å². The second-order valence-electron chi connectivity index (χ2n) is 5.97. The number of unbranched alkanes of at least 4 members (excludes halogenated alkanes) is 1. The Balaban J connectivity index is 2.68. The first-order valence-electron chi connectivity index (χ1n) is 7.63. The molecule has 2 atom stereocenters. The first-order valence-corrected chi connectivity index (χ1v) is 7.63. The molecule has 0 spiro atoms. The number of allylic oxidation sites excluding steroid dienone is 1. The summed E-state index contributed by atoms with van der Waals surface area (Å²) < 4.78 is 11.2. The smallest absolute Gasteiger partial charge is 0.254 e. The van der Waals surface area contributed by atoms with E-state index in [1.165, 1.54) is 9.80 Å². The highest BCUT2D eigenvalue weighted by Gasteiger charge is 2.45. The molecule has 0 aliphatic carbocycles. The molecule has 7 heteroatoms. The lowest BCUT2D eigenvalue weighted by Crippen LogP contribution is -2.47. The molecule has 0 aromatic rings. The first-order chi connectivity index (χ1) is 10.7. The van der Waals surface area contributed by atoms with Crippen LogP contribution in [-0.4, -0.2) is 74.1 Å². The highest BCUT2D eigenvalue weighted by atomic mass is 16.7. The molecule has 1 heterocycles. The van der Waals surface area contributed by atoms with Gasteiger partial charge in [-0.25, -0.2) is 0 Å². The van der Waals surface area contributed by atoms with E-state index in [4.69, 9.17) is 9.47 Å². The van der Waals surface area contributed by atoms with Crippen LogP contribution in [0.5, 0.6) is 0 Å². The summed E-state index contributed by atoms with van der Waals surface area (Å²) in [6, 6.07) is 0. The number of carbonyl (C=O) groups is 3. The van der Waals surface area contributed by atoms with E-state index in [1.807, 2.05) is 6.08 Å². The summed E-state index contributed by atoms with van der Waals surface area (Å²) in [7, 11) is 6.42. The van der Waals surface area contributed by atoms with E-state index in [2.05, 4.69) is 0 Å². The third-order valence-electron chi connectivity index (χ3n) is 3.40. The predicted octanol–water partition coefficient (Wildman–Crippen LogP) is 0.588. The maximum Gasteiger partial charge on any atom is 0.254 e. The second-order valence-corrected chi connectivity index (χ2v) is 5.97. The SMILES string of the molecule is CC(=O)CCC/C=C/C1O[C@@H](C(=O)N(C)C)[C@H](C(=O)N(C)C)O1. The van der Waals surface area contributed by atoms with Gasteiger partial charge in [0, 0.05) is 34.6 Å². The summed E-state index contributed by atoms with van der Waals surface area (Å²) >= 11 is 0. The van der Waals surface area contributed by atoms with Gasteiger partial charge in [-0.3, -0.25) is 9.59 Å². The van der Waals surface area contributed by atoms with Crippen molar-refractivity contribution in [3.63, 3.8) is 0 Å². The molecule has 7 nitrogen and oxygen atoms in total. The van der Waals surface area contributed by atoms with Crippen molar-refractivity contribution in [1.82, 2.24) is 9.80 Å². The number of hydrogen-bond acceptors (Lipinski definition) is 5. The fourth-order valence-electron chi connectivity index (χ4n) is 2.12. The quantitative estimate of drug-likeness (QED) is 0.505. The van der Waals surface area contributed by atoms with Crippen LogP contribution in [0.4, 0.5) is 0 Å². The Labute approximate surface area is 137 Å². The number of likely N-dealkylation sites (N-methyl/N-ethyl adjacent to an activating group) is 2. The minimum atomic E-state index is -0.952. The van der Waals surface area contributed by atoms with Gasteiger partial charge in [0.2, 0.25) is 0 Å². The average molecular weight is 326 g/mol. The largest absolute Gasteiger partial charge is 0.346 e. The third kappa shape index (κ3) is 5.76. The fraction of sp³-hybridized carbons (Fsp3) is 0.688. The van der Waals surface area contributed by atoms with Crippen molar-refractivity contribution < 1.29 is 23.9 Å². The van der Waals surface area contributed by atoms with Gasteiger partial charge < -0.3 is 24.1 Å². The number of rotatable bonds is 7. The van der Waals surface area contributed by atoms with Crippen LogP contribution in [-0.2, 0) is 23.9 Å². The molecule has 23 heavy (non-hydrogen) atoms. The molecule has 0 bridgehead atoms. The van der Waals surface area contributed by atoms with E-state index in [9.17, 15) is 14.4 Å². The second kappa shape index (κ2) is 8.79. The van der Waals surface area contributed by atoms with Crippen LogP contribution < -0.4 is 0 Å². The van der Waals surface area contributed by atoms with Crippen molar-refractivity contribution in [2.45, 2.75) is 44.7 Å². The van der Waals surface area contributed by atoms with Gasteiger partial charge in [-0.05, 0) is 25.8 Å². The summed E-state index contributed by atoms with van der Waals surface area (Å²) in [5.41, 5.74) is 0. The van der Waals surface area contributed by atoms with Crippen molar-refractivity contribution in [2.24, 2.45) is 0 Å². The molecule has 0 aromatic carbocycles. The number of carbonyl (C=O) groups excluding carboxylic acids is 3. The van der Waals surface area contributed by atoms with Crippen LogP contribution in [0.1, 0.15) is 26.2 Å². The van der Waals surface area contributed by atoms with Crippen LogP contribution in [0.25, 0.3) is 0 Å². The Kier molecular flexibility index (Phi) is 7.38. The molecule has 1 saturated heterocycles. The maximum absolute atomic E-state index is 12.2. The Morgan fingerprint density at radius 3 is 1.83 bits per heavy atom. The number of Topliss-reactive ketones (excluding diaryl/α,β-unsaturated/α-hetero) is 1. The Bertz CT molecular complexity index is 445. The van der Waals surface area contributed by atoms with Gasteiger partial charge >= 0.3 is 0 Å². The van der Waals surface area contributed by atoms with Crippen molar-refractivity contribution in [1.29, 1.82) is 0 Å². The van der Waals surface area contributed by atoms with Crippen LogP contribution >= 0.6 is 0 Å². The van der Waals surface area contributed by atoms with E-state index in [-0.39, 0.29) is 17.6 Å². The van der Waals surface area contributed by atoms with Crippen molar-refractivity contribution in [2.75, 3.05) is 28.2 Å². The van der Waals surface area contributed by atoms with Crippen LogP contribution in [0.2, 0.25) is 0 Å². The van der Waals surface area contributed by atoms with Crippen LogP contribution in [0.15, 0.2) is 12.2 Å². The monoisotopic (exact) mass is 326 g/mol. The van der Waals surface area contributed by atoms with E-state index < -0.39 is 18.5 Å². The van der Waals surface area contributed by atoms with Crippen LogP contribution in [0.3, 0.4) is 0 Å². The summed E-state index contributed by atoms with van der Waals surface area (Å²) in [6.07, 6.45) is 2.86. The van der Waals surface area contributed by atoms with E-state index in [1.54, 1.807) is 41.2 Å². The third-order valence-corrected chi connectivity index (χ3v) is 3.40. The zero-order valence-electron chi connectivity index (χ0n) is 14.4. The van der Waals surface area contributed by atoms with E-state index in [0.717, 1.165) is 6.42 Å². The maximum atomic E-state index is 12.2. The summed E-state index contributed by atoms with van der Waals surface area (Å²) in [4.78, 5) is 38.0. The molecule has 1 fully saturated rings. The molecule has 1 aliphatic rings. The summed E-state index contributed by atoms with van der Waals surface area (Å²) in [5.74, 6) is -0.463. The van der Waals surface area contributed by atoms with Gasteiger partial charge in [-0.1, -0.05) is 6.08 Å². The lowest BCUT2D eigenvalue weighted by atomic mass is 10.1. The minimum Gasteiger partial charge on any atom is -0.346 e.